The smallest absolute Gasteiger partial charge is 0.338 e. The lowest BCUT2D eigenvalue weighted by Gasteiger charge is -2.29. The van der Waals surface area contributed by atoms with Gasteiger partial charge in [-0.05, 0) is 35.9 Å². The number of H-pyrrole nitrogens is 1. The summed E-state index contributed by atoms with van der Waals surface area (Å²) < 4.78 is 11.6. The van der Waals surface area contributed by atoms with Crippen molar-refractivity contribution in [2.45, 2.75) is 19.6 Å². The number of ether oxygens (including phenoxy) is 2. The standard InChI is InChI=1S/C29H24N6O5/c1-17(36)33-20-6-3-7-21(11-20)39-16-25-26(28(37)40-15-19-5-2-4-18(10-19)12-30)27(35-29(38)34-25)23-13-32-24-14-31-9-8-22(23)24/h2-11,13-14,27,32H,15-16H2,1H3,(H,33,36)(H2,34,35,38). The molecule has 0 aliphatic carbocycles. The molecule has 1 unspecified atom stereocenters. The number of benzene rings is 2. The van der Waals surface area contributed by atoms with Crippen molar-refractivity contribution >= 4 is 34.5 Å². The number of anilines is 1. The van der Waals surface area contributed by atoms with Crippen LogP contribution in [0.1, 0.15) is 29.7 Å². The third-order valence-corrected chi connectivity index (χ3v) is 6.16. The van der Waals surface area contributed by atoms with E-state index in [0.29, 0.717) is 28.1 Å². The largest absolute Gasteiger partial charge is 0.487 e. The van der Waals surface area contributed by atoms with E-state index in [4.69, 9.17) is 9.47 Å². The van der Waals surface area contributed by atoms with E-state index in [2.05, 4.69) is 32.0 Å². The fourth-order valence-electron chi connectivity index (χ4n) is 4.42. The molecule has 2 aromatic carbocycles. The number of urea groups is 1. The molecule has 1 atom stereocenters. The van der Waals surface area contributed by atoms with E-state index in [1.165, 1.54) is 6.92 Å². The first kappa shape index (κ1) is 26.0. The highest BCUT2D eigenvalue weighted by atomic mass is 16.5. The van der Waals surface area contributed by atoms with Crippen LogP contribution in [0.2, 0.25) is 0 Å². The van der Waals surface area contributed by atoms with E-state index in [-0.39, 0.29) is 30.4 Å². The van der Waals surface area contributed by atoms with Crippen LogP contribution in [0.4, 0.5) is 10.5 Å². The van der Waals surface area contributed by atoms with E-state index in [9.17, 15) is 19.6 Å². The van der Waals surface area contributed by atoms with Crippen LogP contribution in [0.25, 0.3) is 10.9 Å². The van der Waals surface area contributed by atoms with E-state index >= 15 is 0 Å². The van der Waals surface area contributed by atoms with Crippen molar-refractivity contribution < 1.29 is 23.9 Å². The van der Waals surface area contributed by atoms with Crippen molar-refractivity contribution in [3.63, 3.8) is 0 Å². The van der Waals surface area contributed by atoms with Gasteiger partial charge in [0, 0.05) is 42.0 Å². The zero-order chi connectivity index (χ0) is 28.1. The number of esters is 1. The fourth-order valence-corrected chi connectivity index (χ4v) is 4.42. The summed E-state index contributed by atoms with van der Waals surface area (Å²) in [6, 6.07) is 16.0. The van der Waals surface area contributed by atoms with Gasteiger partial charge in [-0.25, -0.2) is 9.59 Å². The molecule has 4 aromatic rings. The molecule has 4 N–H and O–H groups in total. The van der Waals surface area contributed by atoms with Crippen LogP contribution < -0.4 is 20.7 Å². The summed E-state index contributed by atoms with van der Waals surface area (Å²) >= 11 is 0. The molecule has 1 aliphatic rings. The van der Waals surface area contributed by atoms with Gasteiger partial charge >= 0.3 is 12.0 Å². The second kappa shape index (κ2) is 11.4. The van der Waals surface area contributed by atoms with Crippen molar-refractivity contribution in [1.29, 1.82) is 5.26 Å². The van der Waals surface area contributed by atoms with Crippen LogP contribution in [0.3, 0.4) is 0 Å². The topological polar surface area (TPSA) is 158 Å². The molecule has 0 fully saturated rings. The monoisotopic (exact) mass is 536 g/mol. The Balaban J connectivity index is 1.48. The number of hydrogen-bond donors (Lipinski definition) is 4. The summed E-state index contributed by atoms with van der Waals surface area (Å²) in [5, 5.41) is 18.2. The third kappa shape index (κ3) is 5.76. The number of carbonyl (C=O) groups excluding carboxylic acids is 3. The first-order chi connectivity index (χ1) is 19.4. The highest BCUT2D eigenvalue weighted by molar-refractivity contribution is 5.97. The first-order valence-corrected chi connectivity index (χ1v) is 12.3. The minimum absolute atomic E-state index is 0.0801. The molecular formula is C29H24N6O5. The van der Waals surface area contributed by atoms with Gasteiger partial charge in [-0.2, -0.15) is 5.26 Å². The number of nitrogens with zero attached hydrogens (tertiary/aromatic N) is 2. The number of fused-ring (bicyclic) bond motifs is 1. The lowest BCUT2D eigenvalue weighted by Crippen LogP contribution is -2.47. The van der Waals surface area contributed by atoms with Crippen molar-refractivity contribution in [2.75, 3.05) is 11.9 Å². The van der Waals surface area contributed by atoms with Crippen molar-refractivity contribution in [1.82, 2.24) is 20.6 Å². The van der Waals surface area contributed by atoms with E-state index in [1.54, 1.807) is 73.2 Å². The van der Waals surface area contributed by atoms with Crippen LogP contribution in [-0.4, -0.2) is 34.5 Å². The summed E-state index contributed by atoms with van der Waals surface area (Å²) in [5.74, 6) is -0.483. The predicted octanol–water partition coefficient (Wildman–Crippen LogP) is 3.82. The normalized spacial score (nSPS) is 14.6. The van der Waals surface area contributed by atoms with Gasteiger partial charge < -0.3 is 30.4 Å². The first-order valence-electron chi connectivity index (χ1n) is 12.3. The Bertz CT molecular complexity index is 1690. The Labute approximate surface area is 228 Å². The van der Waals surface area contributed by atoms with Gasteiger partial charge in [0.2, 0.25) is 5.91 Å². The van der Waals surface area contributed by atoms with Gasteiger partial charge in [-0.15, -0.1) is 0 Å². The summed E-state index contributed by atoms with van der Waals surface area (Å²) in [6.45, 7) is 1.16. The Morgan fingerprint density at radius 2 is 1.98 bits per heavy atom. The fraction of sp³-hybridized carbons (Fsp3) is 0.138. The maximum atomic E-state index is 13.6. The zero-order valence-electron chi connectivity index (χ0n) is 21.4. The maximum absolute atomic E-state index is 13.6. The number of rotatable bonds is 8. The molecule has 0 saturated heterocycles. The highest BCUT2D eigenvalue weighted by Gasteiger charge is 2.35. The van der Waals surface area contributed by atoms with Gasteiger partial charge in [0.15, 0.2) is 0 Å². The molecule has 40 heavy (non-hydrogen) atoms. The molecule has 0 bridgehead atoms. The van der Waals surface area contributed by atoms with Gasteiger partial charge in [-0.3, -0.25) is 9.78 Å². The molecule has 5 rings (SSSR count). The Kier molecular flexibility index (Phi) is 7.41. The minimum Gasteiger partial charge on any atom is -0.487 e. The Morgan fingerprint density at radius 3 is 2.80 bits per heavy atom. The molecule has 1 aliphatic heterocycles. The van der Waals surface area contributed by atoms with Crippen LogP contribution in [0.15, 0.2) is 84.5 Å². The number of aromatic amines is 1. The third-order valence-electron chi connectivity index (χ3n) is 6.16. The molecule has 3 amide bonds. The summed E-state index contributed by atoms with van der Waals surface area (Å²) in [7, 11) is 0. The number of aromatic nitrogens is 2. The molecule has 3 heterocycles. The summed E-state index contributed by atoms with van der Waals surface area (Å²) in [5.41, 5.74) is 3.39. The molecule has 0 spiro atoms. The van der Waals surface area contributed by atoms with Crippen LogP contribution in [-0.2, 0) is 20.9 Å². The van der Waals surface area contributed by atoms with Gasteiger partial charge in [0.05, 0.1) is 40.7 Å². The number of amides is 3. The maximum Gasteiger partial charge on any atom is 0.338 e. The van der Waals surface area contributed by atoms with Crippen molar-refractivity contribution in [2.24, 2.45) is 0 Å². The highest BCUT2D eigenvalue weighted by Crippen LogP contribution is 2.33. The van der Waals surface area contributed by atoms with E-state index < -0.39 is 18.0 Å². The van der Waals surface area contributed by atoms with Crippen LogP contribution in [0, 0.1) is 11.3 Å². The predicted molar refractivity (Wildman–Crippen MR) is 145 cm³/mol. The number of nitrogens with one attached hydrogen (secondary N) is 4. The summed E-state index contributed by atoms with van der Waals surface area (Å²) in [6.07, 6.45) is 4.98. The Morgan fingerprint density at radius 1 is 1.12 bits per heavy atom. The molecule has 0 saturated carbocycles. The molecular weight excluding hydrogens is 512 g/mol. The second-order valence-electron chi connectivity index (χ2n) is 8.97. The second-order valence-corrected chi connectivity index (χ2v) is 8.97. The molecule has 11 heteroatoms. The van der Waals surface area contributed by atoms with E-state index in [1.807, 2.05) is 0 Å². The average molecular weight is 537 g/mol. The number of carbonyl (C=O) groups is 3. The molecule has 11 nitrogen and oxygen atoms in total. The molecule has 2 aromatic heterocycles. The van der Waals surface area contributed by atoms with Crippen LogP contribution >= 0.6 is 0 Å². The summed E-state index contributed by atoms with van der Waals surface area (Å²) in [4.78, 5) is 45.0. The van der Waals surface area contributed by atoms with Gasteiger partial charge in [0.25, 0.3) is 0 Å². The van der Waals surface area contributed by atoms with Gasteiger partial charge in [-0.1, -0.05) is 18.2 Å². The lowest BCUT2D eigenvalue weighted by atomic mass is 9.95. The number of nitriles is 1. The van der Waals surface area contributed by atoms with Crippen molar-refractivity contribution in [3.8, 4) is 11.8 Å². The zero-order valence-corrected chi connectivity index (χ0v) is 21.4. The average Bonchev–Trinajstić information content (AvgIpc) is 3.38. The number of pyridine rings is 1. The molecule has 0 radical (unpaired) electrons. The SMILES string of the molecule is CC(=O)Nc1cccc(OCC2=C(C(=O)OCc3cccc(C#N)c3)C(c3c[nH]c4cnccc34)NC(=O)N2)c1. The number of hydrogen-bond acceptors (Lipinski definition) is 7. The van der Waals surface area contributed by atoms with Gasteiger partial charge in [0.1, 0.15) is 19.0 Å². The van der Waals surface area contributed by atoms with E-state index in [0.717, 1.165) is 10.9 Å². The van der Waals surface area contributed by atoms with Crippen LogP contribution in [0.5, 0.6) is 5.75 Å². The van der Waals surface area contributed by atoms with Crippen molar-refractivity contribution in [3.05, 3.63) is 101 Å². The quantitative estimate of drug-likeness (QED) is 0.249. The minimum atomic E-state index is -0.854. The lowest BCUT2D eigenvalue weighted by molar-refractivity contribution is -0.140. The Hall–Kier alpha value is -5.63. The molecule has 200 valence electrons.